The van der Waals surface area contributed by atoms with Crippen molar-refractivity contribution >= 4 is 29.2 Å². The Morgan fingerprint density at radius 2 is 1.30 bits per heavy atom. The molecule has 12 nitrogen and oxygen atoms in total. The van der Waals surface area contributed by atoms with Gasteiger partial charge in [-0.05, 0) is 139 Å². The van der Waals surface area contributed by atoms with Crippen LogP contribution in [-0.4, -0.2) is 68.6 Å². The van der Waals surface area contributed by atoms with Crippen molar-refractivity contribution in [2.45, 2.75) is 92.2 Å². The van der Waals surface area contributed by atoms with Crippen LogP contribution in [0.25, 0.3) is 45.7 Å². The van der Waals surface area contributed by atoms with E-state index in [1.54, 1.807) is 12.1 Å². The third-order valence-corrected chi connectivity index (χ3v) is 10.3. The molecule has 2 aromatic heterocycles. The van der Waals surface area contributed by atoms with Gasteiger partial charge in [-0.15, -0.1) is 0 Å². The summed E-state index contributed by atoms with van der Waals surface area (Å²) in [6.07, 6.45) is 1.83. The van der Waals surface area contributed by atoms with Crippen LogP contribution in [0.3, 0.4) is 0 Å². The first-order chi connectivity index (χ1) is 28.7. The number of fused-ring (bicyclic) bond motifs is 2. The molecule has 0 atom stereocenters. The molecule has 0 radical (unpaired) electrons. The van der Waals surface area contributed by atoms with Gasteiger partial charge in [-0.3, -0.25) is 9.69 Å². The Kier molecular flexibility index (Phi) is 13.2. The highest BCUT2D eigenvalue weighted by molar-refractivity contribution is 6.32. The van der Waals surface area contributed by atoms with E-state index in [1.165, 1.54) is 11.1 Å². The molecule has 2 aliphatic heterocycles. The van der Waals surface area contributed by atoms with Crippen molar-refractivity contribution in [3.8, 4) is 57.2 Å². The predicted octanol–water partition coefficient (Wildman–Crippen LogP) is 10.0. The van der Waals surface area contributed by atoms with E-state index in [9.17, 15) is 4.79 Å². The quantitative estimate of drug-likeness (QED) is 0.131. The molecule has 0 bridgehead atoms. The summed E-state index contributed by atoms with van der Waals surface area (Å²) in [4.78, 5) is 23.6. The van der Waals surface area contributed by atoms with Crippen molar-refractivity contribution in [1.29, 1.82) is 0 Å². The van der Waals surface area contributed by atoms with E-state index in [0.717, 1.165) is 65.9 Å². The average molecular weight is 854 g/mol. The number of aromatic nitrogens is 4. The van der Waals surface area contributed by atoms with Gasteiger partial charge >= 0.3 is 5.97 Å². The molecule has 4 aromatic carbocycles. The van der Waals surface area contributed by atoms with Crippen LogP contribution in [0.1, 0.15) is 70.7 Å². The van der Waals surface area contributed by atoms with Crippen molar-refractivity contribution in [2.24, 2.45) is 0 Å². The van der Waals surface area contributed by atoms with Crippen LogP contribution in [0.4, 0.5) is 0 Å². The molecule has 4 heterocycles. The number of hydrogen-bond acceptors (Lipinski definition) is 12. The van der Waals surface area contributed by atoms with Gasteiger partial charge in [0.1, 0.15) is 17.1 Å². The molecule has 0 amide bonds. The lowest BCUT2D eigenvalue weighted by molar-refractivity contribution is -0.156. The molecule has 0 unspecified atom stereocenters. The lowest BCUT2D eigenvalue weighted by Gasteiger charge is -2.30. The highest BCUT2D eigenvalue weighted by Gasteiger charge is 2.26. The van der Waals surface area contributed by atoms with Gasteiger partial charge in [-0.1, -0.05) is 57.8 Å². The molecule has 0 saturated heterocycles. The Morgan fingerprint density at radius 1 is 0.767 bits per heavy atom. The molecule has 6 aromatic rings. The number of nitrogens with one attached hydrogen (secondary N) is 1. The molecule has 0 aliphatic carbocycles. The van der Waals surface area contributed by atoms with Crippen LogP contribution in [0.5, 0.6) is 11.5 Å². The molecule has 2 aliphatic rings. The Hall–Kier alpha value is -5.27. The second kappa shape index (κ2) is 18.6. The zero-order valence-corrected chi connectivity index (χ0v) is 36.5. The molecule has 8 rings (SSSR count). The first-order valence-electron chi connectivity index (χ1n) is 20.2. The standard InChI is InChI=1S/C26H30ClN3O4.C20H20ClN3O2/c1-16(2)32-22-10-9-17(13-21(22)27)24-28-25(34-29-24)20-8-6-7-18-14-30(12-11-19(18)20)15-23(31)33-26(3,4)5;1-12(2)25-18-7-6-13(10-17(18)21)19-23-20(26-24-19)16-5-3-4-14-11-22-9-8-15(14)16/h6-10,13,16H,11-12,14-15H2,1-5H3;3-7,10,12,22H,8-9,11H2,1-2H3. The van der Waals surface area contributed by atoms with Crippen molar-refractivity contribution in [3.63, 3.8) is 0 Å². The van der Waals surface area contributed by atoms with Crippen LogP contribution >= 0.6 is 23.2 Å². The topological polar surface area (TPSA) is 138 Å². The van der Waals surface area contributed by atoms with Gasteiger partial charge in [0.25, 0.3) is 11.8 Å². The van der Waals surface area contributed by atoms with Crippen LogP contribution in [0.2, 0.25) is 10.0 Å². The second-order valence-corrected chi connectivity index (χ2v) is 17.1. The zero-order valence-electron chi connectivity index (χ0n) is 35.0. The highest BCUT2D eigenvalue weighted by Crippen LogP contribution is 2.35. The minimum absolute atomic E-state index is 0.0319. The SMILES string of the molecule is CC(C)Oc1ccc(-c2noc(-c3cccc4c3CCN(CC(=O)OC(C)(C)C)C4)n2)cc1Cl.CC(C)Oc1ccc(-c2noc(-c3cccc4c3CCNC4)n2)cc1Cl. The molecule has 1 N–H and O–H groups in total. The first kappa shape index (κ1) is 42.8. The molecular weight excluding hydrogens is 803 g/mol. The van der Waals surface area contributed by atoms with Crippen molar-refractivity contribution in [2.75, 3.05) is 19.6 Å². The number of nitrogens with zero attached hydrogens (tertiary/aromatic N) is 5. The van der Waals surface area contributed by atoms with Crippen LogP contribution < -0.4 is 14.8 Å². The van der Waals surface area contributed by atoms with Gasteiger partial charge in [-0.25, -0.2) is 0 Å². The molecule has 0 fully saturated rings. The lowest BCUT2D eigenvalue weighted by atomic mass is 9.94. The summed E-state index contributed by atoms with van der Waals surface area (Å²) in [5.74, 6) is 3.05. The molecule has 14 heteroatoms. The Morgan fingerprint density at radius 3 is 1.82 bits per heavy atom. The van der Waals surface area contributed by atoms with Gasteiger partial charge in [-0.2, -0.15) is 9.97 Å². The van der Waals surface area contributed by atoms with Gasteiger partial charge in [0.2, 0.25) is 11.6 Å². The van der Waals surface area contributed by atoms with Gasteiger partial charge in [0, 0.05) is 41.9 Å². The zero-order chi connectivity index (χ0) is 42.6. The van der Waals surface area contributed by atoms with Crippen molar-refractivity contribution in [3.05, 3.63) is 105 Å². The maximum atomic E-state index is 12.2. The summed E-state index contributed by atoms with van der Waals surface area (Å²) in [6, 6.07) is 23.2. The summed E-state index contributed by atoms with van der Waals surface area (Å²) < 4.78 is 28.0. The van der Waals surface area contributed by atoms with E-state index in [4.69, 9.17) is 46.5 Å². The predicted molar refractivity (Wildman–Crippen MR) is 232 cm³/mol. The maximum absolute atomic E-state index is 12.2. The minimum atomic E-state index is -0.486. The molecule has 314 valence electrons. The van der Waals surface area contributed by atoms with Crippen molar-refractivity contribution < 1.29 is 28.1 Å². The number of carbonyl (C=O) groups excluding carboxylic acids is 1. The third-order valence-electron chi connectivity index (χ3n) is 9.68. The summed E-state index contributed by atoms with van der Waals surface area (Å²) in [6.45, 7) is 17.0. The second-order valence-electron chi connectivity index (χ2n) is 16.3. The van der Waals surface area contributed by atoms with Crippen LogP contribution in [0, 0.1) is 0 Å². The smallest absolute Gasteiger partial charge is 0.320 e. The fourth-order valence-corrected chi connectivity index (χ4v) is 7.62. The maximum Gasteiger partial charge on any atom is 0.320 e. The van der Waals surface area contributed by atoms with Gasteiger partial charge in [0.05, 0.1) is 28.8 Å². The summed E-state index contributed by atoms with van der Waals surface area (Å²) in [5.41, 5.74) is 7.86. The number of rotatable bonds is 10. The Bertz CT molecular complexity index is 2460. The first-order valence-corrected chi connectivity index (χ1v) is 20.9. The van der Waals surface area contributed by atoms with Crippen LogP contribution in [-0.2, 0) is 35.5 Å². The van der Waals surface area contributed by atoms with E-state index < -0.39 is 5.60 Å². The van der Waals surface area contributed by atoms with Crippen LogP contribution in [0.15, 0.2) is 81.8 Å². The number of halogens is 2. The number of carbonyl (C=O) groups is 1. The normalized spacial score (nSPS) is 14.0. The third kappa shape index (κ3) is 10.5. The van der Waals surface area contributed by atoms with Gasteiger partial charge < -0.3 is 28.6 Å². The van der Waals surface area contributed by atoms with Gasteiger partial charge in [0.15, 0.2) is 0 Å². The fraction of sp³-hybridized carbons (Fsp3) is 0.370. The minimum Gasteiger partial charge on any atom is -0.489 e. The van der Waals surface area contributed by atoms with E-state index in [0.29, 0.717) is 51.5 Å². The Labute approximate surface area is 360 Å². The number of hydrogen-bond donors (Lipinski definition) is 1. The molecular formula is C46H50Cl2N6O6. The monoisotopic (exact) mass is 852 g/mol. The lowest BCUT2D eigenvalue weighted by Crippen LogP contribution is -2.38. The van der Waals surface area contributed by atoms with E-state index in [1.807, 2.05) is 97.0 Å². The highest BCUT2D eigenvalue weighted by atomic mass is 35.5. The number of ether oxygens (including phenoxy) is 3. The average Bonchev–Trinajstić information content (AvgIpc) is 3.90. The summed E-state index contributed by atoms with van der Waals surface area (Å²) in [7, 11) is 0. The van der Waals surface area contributed by atoms with E-state index >= 15 is 0 Å². The van der Waals surface area contributed by atoms with E-state index in [-0.39, 0.29) is 24.7 Å². The number of esters is 1. The summed E-state index contributed by atoms with van der Waals surface area (Å²) in [5, 5.41) is 12.7. The summed E-state index contributed by atoms with van der Waals surface area (Å²) >= 11 is 12.7. The molecule has 0 spiro atoms. The fourth-order valence-electron chi connectivity index (χ4n) is 7.17. The largest absolute Gasteiger partial charge is 0.489 e. The van der Waals surface area contributed by atoms with Crippen molar-refractivity contribution in [1.82, 2.24) is 30.5 Å². The molecule has 0 saturated carbocycles. The Balaban J connectivity index is 0.000000188. The number of benzene rings is 4. The van der Waals surface area contributed by atoms with E-state index in [2.05, 4.69) is 42.6 Å². The molecule has 60 heavy (non-hydrogen) atoms.